The predicted molar refractivity (Wildman–Crippen MR) is 117 cm³/mol. The number of sulfonamides is 1. The summed E-state index contributed by atoms with van der Waals surface area (Å²) in [6, 6.07) is 12.6. The second-order valence-electron chi connectivity index (χ2n) is 7.15. The van der Waals surface area contributed by atoms with Crippen molar-refractivity contribution in [1.29, 1.82) is 0 Å². The number of ether oxygens (including phenoxy) is 3. The molecule has 1 N–H and O–H groups in total. The monoisotopic (exact) mass is 462 g/mol. The maximum absolute atomic E-state index is 12.9. The molecule has 0 radical (unpaired) electrons. The standard InChI is InChI=1S/C22H26N2O7S/c1-3-30-22(26)23-17-5-4-6-19(15-17)31-21(25)16-11-13-24(14-12-16)32(27,28)20-9-7-18(29-2)8-10-20/h4-10,15-16H,3,11-14H2,1-2H3,(H,23,26). The van der Waals surface area contributed by atoms with Gasteiger partial charge in [0.05, 0.1) is 24.5 Å². The largest absolute Gasteiger partial charge is 0.497 e. The van der Waals surface area contributed by atoms with Crippen LogP contribution >= 0.6 is 0 Å². The minimum atomic E-state index is -3.64. The summed E-state index contributed by atoms with van der Waals surface area (Å²) in [5.74, 6) is 0.0169. The van der Waals surface area contributed by atoms with Gasteiger partial charge < -0.3 is 14.2 Å². The van der Waals surface area contributed by atoms with Gasteiger partial charge in [-0.15, -0.1) is 0 Å². The molecule has 1 fully saturated rings. The molecule has 0 bridgehead atoms. The summed E-state index contributed by atoms with van der Waals surface area (Å²) >= 11 is 0. The molecule has 1 aliphatic heterocycles. The van der Waals surface area contributed by atoms with Crippen LogP contribution in [0.25, 0.3) is 0 Å². The lowest BCUT2D eigenvalue weighted by molar-refractivity contribution is -0.140. The smallest absolute Gasteiger partial charge is 0.411 e. The van der Waals surface area contributed by atoms with Crippen LogP contribution in [0.15, 0.2) is 53.4 Å². The lowest BCUT2D eigenvalue weighted by atomic mass is 9.98. The number of carbonyl (C=O) groups excluding carboxylic acids is 2. The van der Waals surface area contributed by atoms with Gasteiger partial charge in [-0.2, -0.15) is 4.31 Å². The molecule has 0 spiro atoms. The second-order valence-corrected chi connectivity index (χ2v) is 9.09. The highest BCUT2D eigenvalue weighted by Gasteiger charge is 2.33. The van der Waals surface area contributed by atoms with Gasteiger partial charge in [-0.05, 0) is 56.2 Å². The zero-order valence-electron chi connectivity index (χ0n) is 17.9. The molecule has 2 aromatic carbocycles. The Morgan fingerprint density at radius 1 is 1.06 bits per heavy atom. The average Bonchev–Trinajstić information content (AvgIpc) is 2.79. The summed E-state index contributed by atoms with van der Waals surface area (Å²) in [5.41, 5.74) is 0.439. The minimum Gasteiger partial charge on any atom is -0.497 e. The first-order valence-corrected chi connectivity index (χ1v) is 11.7. The number of benzene rings is 2. The van der Waals surface area contributed by atoms with E-state index >= 15 is 0 Å². The van der Waals surface area contributed by atoms with E-state index in [0.717, 1.165) is 0 Å². The lowest BCUT2D eigenvalue weighted by Crippen LogP contribution is -2.41. The Morgan fingerprint density at radius 2 is 1.75 bits per heavy atom. The number of anilines is 1. The van der Waals surface area contributed by atoms with E-state index in [4.69, 9.17) is 14.2 Å². The van der Waals surface area contributed by atoms with E-state index in [-0.39, 0.29) is 30.3 Å². The van der Waals surface area contributed by atoms with Crippen LogP contribution in [0.2, 0.25) is 0 Å². The third-order valence-corrected chi connectivity index (χ3v) is 6.97. The van der Waals surface area contributed by atoms with Gasteiger partial charge in [-0.3, -0.25) is 10.1 Å². The molecule has 0 aromatic heterocycles. The molecule has 1 amide bonds. The van der Waals surface area contributed by atoms with E-state index in [1.165, 1.54) is 29.6 Å². The number of piperidine rings is 1. The molecule has 9 nitrogen and oxygen atoms in total. The number of nitrogens with zero attached hydrogens (tertiary/aromatic N) is 1. The zero-order valence-corrected chi connectivity index (χ0v) is 18.8. The highest BCUT2D eigenvalue weighted by Crippen LogP contribution is 2.27. The van der Waals surface area contributed by atoms with E-state index in [9.17, 15) is 18.0 Å². The van der Waals surface area contributed by atoms with Crippen LogP contribution in [-0.4, -0.2) is 51.6 Å². The van der Waals surface area contributed by atoms with Crippen molar-refractivity contribution in [3.8, 4) is 11.5 Å². The van der Waals surface area contributed by atoms with Crippen LogP contribution < -0.4 is 14.8 Å². The van der Waals surface area contributed by atoms with Gasteiger partial charge >= 0.3 is 12.1 Å². The Balaban J connectivity index is 1.57. The molecule has 1 aliphatic rings. The van der Waals surface area contributed by atoms with Crippen molar-refractivity contribution in [2.75, 3.05) is 32.1 Å². The van der Waals surface area contributed by atoms with Gasteiger partial charge in [0, 0.05) is 24.8 Å². The second kappa shape index (κ2) is 10.5. The number of rotatable bonds is 7. The molecule has 0 atom stereocenters. The zero-order chi connectivity index (χ0) is 23.1. The summed E-state index contributed by atoms with van der Waals surface area (Å²) < 4.78 is 42.4. The number of hydrogen-bond acceptors (Lipinski definition) is 7. The number of esters is 1. The molecule has 0 aliphatic carbocycles. The van der Waals surface area contributed by atoms with Gasteiger partial charge in [0.15, 0.2) is 0 Å². The number of hydrogen-bond donors (Lipinski definition) is 1. The summed E-state index contributed by atoms with van der Waals surface area (Å²) in [7, 11) is -2.13. The molecule has 1 heterocycles. The molecular weight excluding hydrogens is 436 g/mol. The van der Waals surface area contributed by atoms with E-state index in [0.29, 0.717) is 24.3 Å². The van der Waals surface area contributed by atoms with Gasteiger partial charge in [0.2, 0.25) is 10.0 Å². The van der Waals surface area contributed by atoms with Crippen LogP contribution in [0.4, 0.5) is 10.5 Å². The van der Waals surface area contributed by atoms with Crippen molar-refractivity contribution >= 4 is 27.8 Å². The normalized spacial score (nSPS) is 15.1. The third kappa shape index (κ3) is 5.77. The van der Waals surface area contributed by atoms with E-state index in [2.05, 4.69) is 5.32 Å². The van der Waals surface area contributed by atoms with E-state index < -0.39 is 28.0 Å². The predicted octanol–water partition coefficient (Wildman–Crippen LogP) is 3.27. The molecule has 10 heteroatoms. The quantitative estimate of drug-likeness (QED) is 0.496. The van der Waals surface area contributed by atoms with Gasteiger partial charge in [0.25, 0.3) is 0 Å². The van der Waals surface area contributed by atoms with Gasteiger partial charge in [-0.1, -0.05) is 6.07 Å². The summed E-state index contributed by atoms with van der Waals surface area (Å²) in [5, 5.41) is 2.55. The SMILES string of the molecule is CCOC(=O)Nc1cccc(OC(=O)C2CCN(S(=O)(=O)c3ccc(OC)cc3)CC2)c1. The first kappa shape index (κ1) is 23.6. The molecule has 0 saturated carbocycles. The molecule has 32 heavy (non-hydrogen) atoms. The topological polar surface area (TPSA) is 111 Å². The van der Waals surface area contributed by atoms with Crippen LogP contribution in [0.3, 0.4) is 0 Å². The molecule has 3 rings (SSSR count). The van der Waals surface area contributed by atoms with Crippen LogP contribution in [0.5, 0.6) is 11.5 Å². The van der Waals surface area contributed by atoms with Crippen molar-refractivity contribution in [1.82, 2.24) is 4.31 Å². The first-order chi connectivity index (χ1) is 15.3. The molecule has 2 aromatic rings. The third-order valence-electron chi connectivity index (χ3n) is 5.06. The Labute approximate surface area is 187 Å². The summed E-state index contributed by atoms with van der Waals surface area (Å²) in [6.45, 7) is 2.38. The van der Waals surface area contributed by atoms with E-state index in [1.807, 2.05) is 0 Å². The van der Waals surface area contributed by atoms with Crippen molar-refractivity contribution in [3.63, 3.8) is 0 Å². The Hall–Kier alpha value is -3.11. The maximum Gasteiger partial charge on any atom is 0.411 e. The van der Waals surface area contributed by atoms with Crippen LogP contribution in [0, 0.1) is 5.92 Å². The highest BCUT2D eigenvalue weighted by molar-refractivity contribution is 7.89. The minimum absolute atomic E-state index is 0.185. The van der Waals surface area contributed by atoms with Crippen molar-refractivity contribution in [2.24, 2.45) is 5.92 Å². The fourth-order valence-electron chi connectivity index (χ4n) is 3.35. The number of amides is 1. The molecule has 1 saturated heterocycles. The van der Waals surface area contributed by atoms with Crippen molar-refractivity contribution in [3.05, 3.63) is 48.5 Å². The van der Waals surface area contributed by atoms with Gasteiger partial charge in [-0.25, -0.2) is 13.2 Å². The Bertz CT molecular complexity index is 1050. The highest BCUT2D eigenvalue weighted by atomic mass is 32.2. The van der Waals surface area contributed by atoms with Crippen molar-refractivity contribution in [2.45, 2.75) is 24.7 Å². The van der Waals surface area contributed by atoms with Crippen LogP contribution in [-0.2, 0) is 19.6 Å². The first-order valence-electron chi connectivity index (χ1n) is 10.2. The van der Waals surface area contributed by atoms with Gasteiger partial charge in [0.1, 0.15) is 11.5 Å². The molecular formula is C22H26N2O7S. The number of methoxy groups -OCH3 is 1. The number of nitrogens with one attached hydrogen (secondary N) is 1. The van der Waals surface area contributed by atoms with Crippen molar-refractivity contribution < 1.29 is 32.2 Å². The maximum atomic E-state index is 12.9. The lowest BCUT2D eigenvalue weighted by Gasteiger charge is -2.30. The van der Waals surface area contributed by atoms with Crippen LogP contribution in [0.1, 0.15) is 19.8 Å². The average molecular weight is 463 g/mol. The molecule has 172 valence electrons. The van der Waals surface area contributed by atoms with E-state index in [1.54, 1.807) is 37.3 Å². The summed E-state index contributed by atoms with van der Waals surface area (Å²) in [6.07, 6.45) is 0.116. The molecule has 0 unspecified atom stereocenters. The fraction of sp³-hybridized carbons (Fsp3) is 0.364. The summed E-state index contributed by atoms with van der Waals surface area (Å²) in [4.78, 5) is 24.3. The number of carbonyl (C=O) groups is 2. The Kier molecular flexibility index (Phi) is 7.70. The fourth-order valence-corrected chi connectivity index (χ4v) is 4.82. The Morgan fingerprint density at radius 3 is 2.38 bits per heavy atom.